The molecule has 5 nitrogen and oxygen atoms in total. The largest absolute Gasteiger partial charge is 0.450 e. The summed E-state index contributed by atoms with van der Waals surface area (Å²) in [6, 6.07) is 5.39. The van der Waals surface area contributed by atoms with E-state index >= 15 is 0 Å². The second-order valence-corrected chi connectivity index (χ2v) is 6.50. The normalized spacial score (nSPS) is 15.2. The van der Waals surface area contributed by atoms with Crippen molar-refractivity contribution in [1.82, 2.24) is 10.2 Å². The van der Waals surface area contributed by atoms with E-state index in [-0.39, 0.29) is 12.1 Å². The topological polar surface area (TPSA) is 53.6 Å². The summed E-state index contributed by atoms with van der Waals surface area (Å²) in [6.45, 7) is 3.51. The number of nitrogens with one attached hydrogen (secondary N) is 2. The molecule has 1 aliphatic rings. The molecule has 8 heteroatoms. The molecular weight excluding hydrogens is 357 g/mol. The van der Waals surface area contributed by atoms with Gasteiger partial charge in [-0.05, 0) is 50.2 Å². The molecule has 0 aromatic heterocycles. The highest BCUT2D eigenvalue weighted by molar-refractivity contribution is 7.80. The maximum Gasteiger partial charge on any atom is 0.409 e. The van der Waals surface area contributed by atoms with Crippen LogP contribution in [0.25, 0.3) is 0 Å². The van der Waals surface area contributed by atoms with Crippen LogP contribution < -0.4 is 10.6 Å². The van der Waals surface area contributed by atoms with E-state index < -0.39 is 0 Å². The predicted molar refractivity (Wildman–Crippen MR) is 97.4 cm³/mol. The van der Waals surface area contributed by atoms with Crippen molar-refractivity contribution in [3.63, 3.8) is 0 Å². The Bertz CT molecular complexity index is 558. The Labute approximate surface area is 151 Å². The van der Waals surface area contributed by atoms with Crippen molar-refractivity contribution in [2.45, 2.75) is 25.8 Å². The number of likely N-dealkylation sites (tertiary alicyclic amines) is 1. The standard InChI is InChI=1S/C15H19Cl2N3O2S/c1-2-22-15(21)20-5-3-12(4-6-20)18-14(23)19-13-8-10(16)7-11(17)9-13/h7-9,12H,2-6H2,1H3,(H2,18,19,23). The Morgan fingerprint density at radius 3 is 2.48 bits per heavy atom. The number of rotatable bonds is 3. The highest BCUT2D eigenvalue weighted by Crippen LogP contribution is 2.22. The van der Waals surface area contributed by atoms with Gasteiger partial charge in [0.15, 0.2) is 5.11 Å². The third-order valence-corrected chi connectivity index (χ3v) is 4.13. The molecule has 1 fully saturated rings. The summed E-state index contributed by atoms with van der Waals surface area (Å²) in [4.78, 5) is 13.4. The Hall–Kier alpha value is -1.24. The van der Waals surface area contributed by atoms with Crippen molar-refractivity contribution >= 4 is 52.3 Å². The van der Waals surface area contributed by atoms with Crippen molar-refractivity contribution in [3.05, 3.63) is 28.2 Å². The van der Waals surface area contributed by atoms with Crippen LogP contribution in [0.3, 0.4) is 0 Å². The van der Waals surface area contributed by atoms with Gasteiger partial charge in [-0.1, -0.05) is 23.2 Å². The number of hydrogen-bond acceptors (Lipinski definition) is 3. The van der Waals surface area contributed by atoms with Gasteiger partial charge in [0.1, 0.15) is 0 Å². The molecule has 1 aliphatic heterocycles. The maximum absolute atomic E-state index is 11.7. The lowest BCUT2D eigenvalue weighted by Gasteiger charge is -2.32. The number of anilines is 1. The number of carbonyl (C=O) groups is 1. The summed E-state index contributed by atoms with van der Waals surface area (Å²) in [5.74, 6) is 0. The van der Waals surface area contributed by atoms with Crippen molar-refractivity contribution in [2.75, 3.05) is 25.0 Å². The van der Waals surface area contributed by atoms with Crippen LogP contribution in [0.4, 0.5) is 10.5 Å². The highest BCUT2D eigenvalue weighted by Gasteiger charge is 2.23. The van der Waals surface area contributed by atoms with Gasteiger partial charge in [-0.15, -0.1) is 0 Å². The lowest BCUT2D eigenvalue weighted by Crippen LogP contribution is -2.47. The summed E-state index contributed by atoms with van der Waals surface area (Å²) >= 11 is 17.2. The number of carbonyl (C=O) groups excluding carboxylic acids is 1. The van der Waals surface area contributed by atoms with Crippen molar-refractivity contribution in [2.24, 2.45) is 0 Å². The van der Waals surface area contributed by atoms with E-state index in [1.165, 1.54) is 0 Å². The minimum absolute atomic E-state index is 0.218. The van der Waals surface area contributed by atoms with Crippen LogP contribution in [-0.2, 0) is 4.74 Å². The molecule has 0 unspecified atom stereocenters. The summed E-state index contributed by atoms with van der Waals surface area (Å²) in [6.07, 6.45) is 1.38. The van der Waals surface area contributed by atoms with Gasteiger partial charge in [0.25, 0.3) is 0 Å². The Morgan fingerprint density at radius 1 is 1.30 bits per heavy atom. The fourth-order valence-corrected chi connectivity index (χ4v) is 3.21. The van der Waals surface area contributed by atoms with Gasteiger partial charge in [-0.2, -0.15) is 0 Å². The first-order valence-electron chi connectivity index (χ1n) is 7.43. The van der Waals surface area contributed by atoms with Gasteiger partial charge >= 0.3 is 6.09 Å². The third kappa shape index (κ3) is 5.71. The summed E-state index contributed by atoms with van der Waals surface area (Å²) < 4.78 is 5.00. The first kappa shape index (κ1) is 18.1. The molecule has 0 radical (unpaired) electrons. The number of nitrogens with zero attached hydrogens (tertiary/aromatic N) is 1. The van der Waals surface area contributed by atoms with Crippen molar-refractivity contribution in [1.29, 1.82) is 0 Å². The molecule has 23 heavy (non-hydrogen) atoms. The van der Waals surface area contributed by atoms with E-state index in [2.05, 4.69) is 10.6 Å². The fourth-order valence-electron chi connectivity index (χ4n) is 2.40. The maximum atomic E-state index is 11.7. The fraction of sp³-hybridized carbons (Fsp3) is 0.467. The number of piperidine rings is 1. The Balaban J connectivity index is 1.79. The zero-order valence-electron chi connectivity index (χ0n) is 12.8. The third-order valence-electron chi connectivity index (χ3n) is 3.48. The molecule has 2 N–H and O–H groups in total. The quantitative estimate of drug-likeness (QED) is 0.784. The molecule has 1 saturated heterocycles. The van der Waals surface area contributed by atoms with E-state index in [0.717, 1.165) is 18.5 Å². The molecule has 0 atom stereocenters. The van der Waals surface area contributed by atoms with Gasteiger partial charge in [-0.3, -0.25) is 0 Å². The number of benzene rings is 1. The molecule has 0 bridgehead atoms. The lowest BCUT2D eigenvalue weighted by atomic mass is 10.1. The molecule has 0 saturated carbocycles. The molecule has 1 heterocycles. The first-order chi connectivity index (χ1) is 11.0. The molecule has 1 aromatic rings. The minimum atomic E-state index is -0.250. The van der Waals surface area contributed by atoms with Crippen LogP contribution in [0.2, 0.25) is 10.0 Å². The number of halogens is 2. The Kier molecular flexibility index (Phi) is 6.74. The number of ether oxygens (including phenoxy) is 1. The second-order valence-electron chi connectivity index (χ2n) is 5.22. The molecule has 1 aromatic carbocycles. The van der Waals surface area contributed by atoms with E-state index in [4.69, 9.17) is 40.2 Å². The summed E-state index contributed by atoms with van der Waals surface area (Å²) in [7, 11) is 0. The van der Waals surface area contributed by atoms with Crippen LogP contribution in [0, 0.1) is 0 Å². The molecule has 1 amide bonds. The lowest BCUT2D eigenvalue weighted by molar-refractivity contribution is 0.0964. The molecule has 126 valence electrons. The number of thiocarbonyl (C=S) groups is 1. The van der Waals surface area contributed by atoms with Crippen molar-refractivity contribution in [3.8, 4) is 0 Å². The van der Waals surface area contributed by atoms with E-state index in [1.54, 1.807) is 30.0 Å². The van der Waals surface area contributed by atoms with Crippen LogP contribution in [0.5, 0.6) is 0 Å². The van der Waals surface area contributed by atoms with E-state index in [1.807, 2.05) is 0 Å². The van der Waals surface area contributed by atoms with Crippen LogP contribution in [-0.4, -0.2) is 41.8 Å². The average Bonchev–Trinajstić information content (AvgIpc) is 2.47. The SMILES string of the molecule is CCOC(=O)N1CCC(NC(=S)Nc2cc(Cl)cc(Cl)c2)CC1. The van der Waals surface area contributed by atoms with Crippen LogP contribution in [0.15, 0.2) is 18.2 Å². The zero-order valence-corrected chi connectivity index (χ0v) is 15.1. The molecular formula is C15H19Cl2N3O2S. The van der Waals surface area contributed by atoms with E-state index in [9.17, 15) is 4.79 Å². The number of amides is 1. The molecule has 2 rings (SSSR count). The average molecular weight is 376 g/mol. The first-order valence-corrected chi connectivity index (χ1v) is 8.59. The van der Waals surface area contributed by atoms with Gasteiger partial charge in [0.05, 0.1) is 6.61 Å². The second kappa shape index (κ2) is 8.57. The smallest absolute Gasteiger partial charge is 0.409 e. The highest BCUT2D eigenvalue weighted by atomic mass is 35.5. The van der Waals surface area contributed by atoms with Crippen molar-refractivity contribution < 1.29 is 9.53 Å². The predicted octanol–water partition coefficient (Wildman–Crippen LogP) is 3.90. The summed E-state index contributed by atoms with van der Waals surface area (Å²) in [5.41, 5.74) is 0.740. The van der Waals surface area contributed by atoms with Gasteiger partial charge in [-0.25, -0.2) is 4.79 Å². The molecule has 0 spiro atoms. The van der Waals surface area contributed by atoms with Gasteiger partial charge < -0.3 is 20.3 Å². The zero-order chi connectivity index (χ0) is 16.8. The van der Waals surface area contributed by atoms with Gasteiger partial charge in [0.2, 0.25) is 0 Å². The molecule has 0 aliphatic carbocycles. The van der Waals surface area contributed by atoms with Crippen LogP contribution >= 0.6 is 35.4 Å². The Morgan fingerprint density at radius 2 is 1.91 bits per heavy atom. The minimum Gasteiger partial charge on any atom is -0.450 e. The van der Waals surface area contributed by atoms with Crippen LogP contribution in [0.1, 0.15) is 19.8 Å². The van der Waals surface area contributed by atoms with E-state index in [0.29, 0.717) is 34.9 Å². The number of hydrogen-bond donors (Lipinski definition) is 2. The van der Waals surface area contributed by atoms with Gasteiger partial charge in [0, 0.05) is 34.9 Å². The monoisotopic (exact) mass is 375 g/mol. The summed E-state index contributed by atoms with van der Waals surface area (Å²) in [5, 5.41) is 7.93.